The molecule has 0 aromatic heterocycles. The number of alkyl halides is 6. The second-order valence-electron chi connectivity index (χ2n) is 4.08. The summed E-state index contributed by atoms with van der Waals surface area (Å²) in [5, 5.41) is 0. The van der Waals surface area contributed by atoms with Crippen molar-refractivity contribution in [2.45, 2.75) is 26.2 Å². The Morgan fingerprint density at radius 1 is 0.826 bits per heavy atom. The first kappa shape index (κ1) is 19.5. The fourth-order valence-electron chi connectivity index (χ4n) is 1.31. The van der Waals surface area contributed by atoms with Gasteiger partial charge in [-0.25, -0.2) is 0 Å². The van der Waals surface area contributed by atoms with Crippen LogP contribution in [0, 0.1) is 3.57 Å². The molecule has 0 atom stereocenters. The van der Waals surface area contributed by atoms with E-state index in [1.54, 1.807) is 0 Å². The topological polar surface area (TPSA) is 52.6 Å². The first-order valence-corrected chi connectivity index (χ1v) is 8.52. The van der Waals surface area contributed by atoms with Crippen molar-refractivity contribution < 1.29 is 42.1 Å². The van der Waals surface area contributed by atoms with Crippen molar-refractivity contribution >= 4 is 32.6 Å². The molecule has 0 unspecified atom stereocenters. The molecule has 0 radical (unpaired) electrons. The van der Waals surface area contributed by atoms with Crippen LogP contribution in [0.25, 0.3) is 0 Å². The molecule has 0 bridgehead atoms. The Hall–Kier alpha value is -1.53. The number of rotatable bonds is 3. The van der Waals surface area contributed by atoms with Gasteiger partial charge in [0.05, 0.1) is 0 Å². The fraction of sp³-hybridized carbons (Fsp3) is 0.333. The molecule has 130 valence electrons. The van der Waals surface area contributed by atoms with Crippen LogP contribution in [0.1, 0.15) is 25.0 Å². The molecule has 0 aliphatic rings. The summed E-state index contributed by atoms with van der Waals surface area (Å²) in [5.74, 6) is -1.97. The van der Waals surface area contributed by atoms with Crippen molar-refractivity contribution in [1.29, 1.82) is 0 Å². The zero-order valence-corrected chi connectivity index (χ0v) is 13.7. The van der Waals surface area contributed by atoms with Gasteiger partial charge in [-0.05, 0) is 0 Å². The van der Waals surface area contributed by atoms with Gasteiger partial charge in [-0.1, -0.05) is 0 Å². The minimum atomic E-state index is -5.05. The van der Waals surface area contributed by atoms with E-state index in [1.165, 1.54) is 0 Å². The summed E-state index contributed by atoms with van der Waals surface area (Å²) in [6, 6.07) is 0.692. The molecule has 1 aromatic carbocycles. The number of hydrogen-bond acceptors (Lipinski definition) is 4. The molecule has 0 spiro atoms. The fourth-order valence-corrected chi connectivity index (χ4v) is 4.21. The van der Waals surface area contributed by atoms with E-state index < -0.39 is 59.6 Å². The molecule has 23 heavy (non-hydrogen) atoms. The summed E-state index contributed by atoms with van der Waals surface area (Å²) in [6.07, 6.45) is -10.1. The summed E-state index contributed by atoms with van der Waals surface area (Å²) in [7, 11) is 0. The zero-order valence-electron chi connectivity index (χ0n) is 11.5. The van der Waals surface area contributed by atoms with E-state index in [0.717, 1.165) is 13.8 Å². The molecule has 11 heteroatoms. The van der Waals surface area contributed by atoms with E-state index in [0.29, 0.717) is 12.1 Å². The van der Waals surface area contributed by atoms with Gasteiger partial charge in [-0.3, -0.25) is 0 Å². The molecule has 0 amide bonds. The average Bonchev–Trinajstić information content (AvgIpc) is 2.34. The Morgan fingerprint density at radius 3 is 1.43 bits per heavy atom. The van der Waals surface area contributed by atoms with Gasteiger partial charge >= 0.3 is 134 Å². The number of carbonyl (C=O) groups excluding carboxylic acids is 2. The van der Waals surface area contributed by atoms with Crippen LogP contribution in [0.3, 0.4) is 0 Å². The predicted molar refractivity (Wildman–Crippen MR) is 72.7 cm³/mol. The first-order valence-electron chi connectivity index (χ1n) is 5.68. The van der Waals surface area contributed by atoms with E-state index in [9.17, 15) is 35.9 Å². The Morgan fingerprint density at radius 2 is 1.17 bits per heavy atom. The number of hydrogen-bond donors (Lipinski definition) is 0. The normalized spacial score (nSPS) is 12.6. The molecule has 0 aliphatic heterocycles. The van der Waals surface area contributed by atoms with Crippen LogP contribution in [0.5, 0.6) is 0 Å². The van der Waals surface area contributed by atoms with Crippen molar-refractivity contribution in [3.63, 3.8) is 0 Å². The zero-order chi connectivity index (χ0) is 18.0. The van der Waals surface area contributed by atoms with Crippen molar-refractivity contribution in [3.8, 4) is 0 Å². The molecule has 1 rings (SSSR count). The molecule has 1 aromatic rings. The van der Waals surface area contributed by atoms with Gasteiger partial charge in [0.15, 0.2) is 0 Å². The SMILES string of the molecule is CC(=O)OI(OC(C)=O)c1cc(C(F)(F)F)cc(C(F)(F)F)c1. The molecule has 0 N–H and O–H groups in total. The standard InChI is InChI=1S/C12H9F6IO4/c1-6(20)22-19(23-7(2)21)10-4-8(11(13,14)15)3-9(5-10)12(16,17)18/h3-5H,1-2H3. The maximum atomic E-state index is 12.8. The third kappa shape index (κ3) is 5.88. The number of benzene rings is 1. The van der Waals surface area contributed by atoms with Gasteiger partial charge in [-0.2, -0.15) is 0 Å². The van der Waals surface area contributed by atoms with Crippen molar-refractivity contribution in [3.05, 3.63) is 32.9 Å². The Kier molecular flexibility index (Phi) is 5.88. The predicted octanol–water partition coefficient (Wildman–Crippen LogP) is 4.36. The minimum absolute atomic E-state index is 0.0701. The van der Waals surface area contributed by atoms with Gasteiger partial charge in [0.25, 0.3) is 0 Å². The second-order valence-corrected chi connectivity index (χ2v) is 7.45. The summed E-state index contributed by atoms with van der Waals surface area (Å²) in [6.45, 7) is 1.79. The van der Waals surface area contributed by atoms with E-state index in [2.05, 4.69) is 6.13 Å². The van der Waals surface area contributed by atoms with E-state index >= 15 is 0 Å². The van der Waals surface area contributed by atoms with Crippen LogP contribution in [-0.2, 0) is 28.1 Å². The number of halogens is 7. The third-order valence-electron chi connectivity index (χ3n) is 2.09. The molecule has 0 aliphatic carbocycles. The molecule has 4 nitrogen and oxygen atoms in total. The number of carbonyl (C=O) groups is 2. The van der Waals surface area contributed by atoms with Gasteiger partial charge < -0.3 is 0 Å². The Balaban J connectivity index is 3.46. The maximum absolute atomic E-state index is 12.8. The van der Waals surface area contributed by atoms with E-state index in [4.69, 9.17) is 0 Å². The first-order chi connectivity index (χ1) is 10.3. The van der Waals surface area contributed by atoms with Gasteiger partial charge in [-0.15, -0.1) is 0 Å². The van der Waals surface area contributed by atoms with Crippen molar-refractivity contribution in [2.75, 3.05) is 0 Å². The van der Waals surface area contributed by atoms with Crippen LogP contribution >= 0.6 is 20.6 Å². The molecular formula is C12H9F6IO4. The molecule has 0 saturated heterocycles. The van der Waals surface area contributed by atoms with Crippen LogP contribution in [-0.4, -0.2) is 11.9 Å². The summed E-state index contributed by atoms with van der Waals surface area (Å²) in [4.78, 5) is 21.9. The summed E-state index contributed by atoms with van der Waals surface area (Å²) >= 11 is -3.81. The summed E-state index contributed by atoms with van der Waals surface area (Å²) in [5.41, 5.74) is -3.16. The molecule has 0 fully saturated rings. The third-order valence-corrected chi connectivity index (χ3v) is 5.77. The van der Waals surface area contributed by atoms with Gasteiger partial charge in [0.1, 0.15) is 0 Å². The van der Waals surface area contributed by atoms with Gasteiger partial charge in [0, 0.05) is 0 Å². The monoisotopic (exact) mass is 458 g/mol. The second kappa shape index (κ2) is 6.93. The van der Waals surface area contributed by atoms with Crippen LogP contribution < -0.4 is 0 Å². The quantitative estimate of drug-likeness (QED) is 0.500. The Labute approximate surface area is 134 Å². The van der Waals surface area contributed by atoms with E-state index in [-0.39, 0.29) is 6.07 Å². The van der Waals surface area contributed by atoms with E-state index in [1.807, 2.05) is 0 Å². The molecular weight excluding hydrogens is 449 g/mol. The molecule has 0 saturated carbocycles. The van der Waals surface area contributed by atoms with Gasteiger partial charge in [0.2, 0.25) is 0 Å². The van der Waals surface area contributed by atoms with Crippen molar-refractivity contribution in [2.24, 2.45) is 0 Å². The van der Waals surface area contributed by atoms with Crippen LogP contribution in [0.15, 0.2) is 18.2 Å². The molecule has 0 heterocycles. The Bertz CT molecular complexity index is 562. The van der Waals surface area contributed by atoms with Crippen LogP contribution in [0.2, 0.25) is 0 Å². The van der Waals surface area contributed by atoms with Crippen molar-refractivity contribution in [1.82, 2.24) is 0 Å². The summed E-state index contributed by atoms with van der Waals surface area (Å²) < 4.78 is 85.2. The average molecular weight is 458 g/mol. The van der Waals surface area contributed by atoms with Crippen LogP contribution in [0.4, 0.5) is 26.3 Å².